The summed E-state index contributed by atoms with van der Waals surface area (Å²) >= 11 is 0. The average Bonchev–Trinajstić information content (AvgIpc) is 2.91. The van der Waals surface area contributed by atoms with Crippen LogP contribution in [0.25, 0.3) is 0 Å². The van der Waals surface area contributed by atoms with Crippen LogP contribution in [0.1, 0.15) is 30.0 Å². The number of ether oxygens (including phenoxy) is 1. The van der Waals surface area contributed by atoms with Crippen LogP contribution < -0.4 is 10.1 Å². The van der Waals surface area contributed by atoms with Crippen molar-refractivity contribution in [1.29, 1.82) is 0 Å². The molecule has 1 heterocycles. The minimum atomic E-state index is -0.511. The molecule has 0 saturated heterocycles. The lowest BCUT2D eigenvalue weighted by Gasteiger charge is -2.23. The molecule has 3 aromatic carbocycles. The molecule has 0 saturated carbocycles. The second-order valence-corrected chi connectivity index (χ2v) is 7.73. The maximum Gasteiger partial charge on any atom is 0.264 e. The lowest BCUT2D eigenvalue weighted by Crippen LogP contribution is -2.38. The second kappa shape index (κ2) is 9.47. The van der Waals surface area contributed by atoms with Gasteiger partial charge in [0, 0.05) is 24.3 Å². The van der Waals surface area contributed by atoms with E-state index < -0.39 is 6.10 Å². The molecular formula is C26H26N2O3. The molecule has 0 radical (unpaired) electrons. The highest BCUT2D eigenvalue weighted by atomic mass is 16.5. The summed E-state index contributed by atoms with van der Waals surface area (Å²) in [6.07, 6.45) is 0.396. The third kappa shape index (κ3) is 5.12. The largest absolute Gasteiger partial charge is 0.480 e. The summed E-state index contributed by atoms with van der Waals surface area (Å²) in [5, 5.41) is 2.96. The molecule has 1 N–H and O–H groups in total. The van der Waals surface area contributed by atoms with Crippen LogP contribution in [0.4, 0.5) is 5.69 Å². The molecule has 31 heavy (non-hydrogen) atoms. The second-order valence-electron chi connectivity index (χ2n) is 7.73. The first-order chi connectivity index (χ1) is 15.1. The molecule has 0 unspecified atom stereocenters. The van der Waals surface area contributed by atoms with Gasteiger partial charge in [0.15, 0.2) is 6.10 Å². The predicted molar refractivity (Wildman–Crippen MR) is 121 cm³/mol. The highest BCUT2D eigenvalue weighted by Gasteiger charge is 2.30. The van der Waals surface area contributed by atoms with E-state index in [1.54, 1.807) is 0 Å². The van der Waals surface area contributed by atoms with Crippen molar-refractivity contribution in [3.63, 3.8) is 0 Å². The van der Waals surface area contributed by atoms with Crippen LogP contribution in [0, 0.1) is 0 Å². The zero-order valence-corrected chi connectivity index (χ0v) is 17.6. The highest BCUT2D eigenvalue weighted by molar-refractivity contribution is 5.92. The number of nitrogens with zero attached hydrogens (tertiary/aromatic N) is 1. The molecule has 158 valence electrons. The van der Waals surface area contributed by atoms with E-state index in [4.69, 9.17) is 4.74 Å². The molecule has 1 aliphatic heterocycles. The van der Waals surface area contributed by atoms with Crippen LogP contribution in [-0.2, 0) is 29.1 Å². The summed E-state index contributed by atoms with van der Waals surface area (Å²) in [5.41, 5.74) is 3.62. The van der Waals surface area contributed by atoms with Crippen LogP contribution in [0.15, 0.2) is 78.9 Å². The molecule has 0 spiro atoms. The van der Waals surface area contributed by atoms with E-state index >= 15 is 0 Å². The molecule has 2 amide bonds. The number of carbonyl (C=O) groups is 2. The first kappa shape index (κ1) is 20.7. The van der Waals surface area contributed by atoms with Crippen LogP contribution in [0.5, 0.6) is 5.75 Å². The molecule has 0 fully saturated rings. The topological polar surface area (TPSA) is 58.6 Å². The number of fused-ring (bicyclic) bond motifs is 1. The maximum atomic E-state index is 13.0. The number of carbonyl (C=O) groups excluding carboxylic acids is 2. The highest BCUT2D eigenvalue weighted by Crippen LogP contribution is 2.30. The molecule has 4 rings (SSSR count). The third-order valence-electron chi connectivity index (χ3n) is 5.36. The van der Waals surface area contributed by atoms with Gasteiger partial charge in [0.25, 0.3) is 5.91 Å². The van der Waals surface area contributed by atoms with Crippen LogP contribution in [0.3, 0.4) is 0 Å². The van der Waals surface area contributed by atoms with Gasteiger partial charge in [0.1, 0.15) is 5.75 Å². The monoisotopic (exact) mass is 414 g/mol. The fraction of sp³-hybridized carbons (Fsp3) is 0.231. The minimum Gasteiger partial charge on any atom is -0.480 e. The van der Waals surface area contributed by atoms with Gasteiger partial charge in [0.05, 0.1) is 6.42 Å². The van der Waals surface area contributed by atoms with Gasteiger partial charge < -0.3 is 15.0 Å². The molecule has 1 atom stereocenters. The lowest BCUT2D eigenvalue weighted by atomic mass is 10.1. The van der Waals surface area contributed by atoms with Gasteiger partial charge in [-0.2, -0.15) is 0 Å². The van der Waals surface area contributed by atoms with E-state index in [1.807, 2.05) is 90.7 Å². The van der Waals surface area contributed by atoms with Crippen LogP contribution in [0.2, 0.25) is 0 Å². The summed E-state index contributed by atoms with van der Waals surface area (Å²) in [6, 6.07) is 25.1. The van der Waals surface area contributed by atoms with Crippen molar-refractivity contribution in [2.45, 2.75) is 39.0 Å². The van der Waals surface area contributed by atoms with Crippen molar-refractivity contribution in [3.8, 4) is 5.75 Å². The van der Waals surface area contributed by atoms with E-state index in [2.05, 4.69) is 5.32 Å². The Morgan fingerprint density at radius 2 is 1.68 bits per heavy atom. The van der Waals surface area contributed by atoms with E-state index in [1.165, 1.54) is 0 Å². The summed E-state index contributed by atoms with van der Waals surface area (Å²) in [4.78, 5) is 27.3. The zero-order valence-electron chi connectivity index (χ0n) is 17.6. The van der Waals surface area contributed by atoms with Crippen LogP contribution >= 0.6 is 0 Å². The Morgan fingerprint density at radius 1 is 1.00 bits per heavy atom. The molecule has 0 aliphatic carbocycles. The van der Waals surface area contributed by atoms with Crippen molar-refractivity contribution in [2.24, 2.45) is 0 Å². The average molecular weight is 415 g/mol. The standard InChI is InChI=1S/C26H26N2O3/c1-2-23-26(30)28(17-20-11-7-4-8-12-20)18-21-16-22(13-14-24(21)31-23)27-25(29)15-19-9-5-3-6-10-19/h3-14,16,23H,2,15,17-18H2,1H3,(H,27,29)/t23-/m0/s1. The number of benzene rings is 3. The van der Waals surface area contributed by atoms with Gasteiger partial charge in [-0.25, -0.2) is 0 Å². The van der Waals surface area contributed by atoms with Crippen molar-refractivity contribution in [1.82, 2.24) is 4.90 Å². The summed E-state index contributed by atoms with van der Waals surface area (Å²) < 4.78 is 6.04. The molecule has 1 aliphatic rings. The smallest absolute Gasteiger partial charge is 0.264 e. The summed E-state index contributed by atoms with van der Waals surface area (Å²) in [5.74, 6) is 0.596. The predicted octanol–water partition coefficient (Wildman–Crippen LogP) is 4.57. The fourth-order valence-electron chi connectivity index (χ4n) is 3.77. The normalized spacial score (nSPS) is 15.6. The van der Waals surface area contributed by atoms with Gasteiger partial charge in [0.2, 0.25) is 5.91 Å². The summed E-state index contributed by atoms with van der Waals surface area (Å²) in [7, 11) is 0. The van der Waals surface area contributed by atoms with Crippen LogP contribution in [-0.4, -0.2) is 22.8 Å². The molecule has 5 nitrogen and oxygen atoms in total. The SMILES string of the molecule is CC[C@@H]1Oc2ccc(NC(=O)Cc3ccccc3)cc2CN(Cc2ccccc2)C1=O. The molecule has 5 heteroatoms. The summed E-state index contributed by atoms with van der Waals surface area (Å²) in [6.45, 7) is 2.90. The number of anilines is 1. The Bertz CT molecular complexity index is 1050. The Labute approximate surface area is 182 Å². The molecule has 0 bridgehead atoms. The third-order valence-corrected chi connectivity index (χ3v) is 5.36. The quantitative estimate of drug-likeness (QED) is 0.643. The van der Waals surface area contributed by atoms with Gasteiger partial charge in [-0.15, -0.1) is 0 Å². The number of hydrogen-bond donors (Lipinski definition) is 1. The van der Waals surface area contributed by atoms with Gasteiger partial charge in [-0.05, 0) is 35.7 Å². The van der Waals surface area contributed by atoms with Gasteiger partial charge in [-0.3, -0.25) is 9.59 Å². The first-order valence-electron chi connectivity index (χ1n) is 10.6. The van der Waals surface area contributed by atoms with Crippen molar-refractivity contribution in [3.05, 3.63) is 95.6 Å². The van der Waals surface area contributed by atoms with E-state index in [9.17, 15) is 9.59 Å². The minimum absolute atomic E-state index is 0.0165. The first-order valence-corrected chi connectivity index (χ1v) is 10.6. The van der Waals surface area contributed by atoms with Gasteiger partial charge >= 0.3 is 0 Å². The number of rotatable bonds is 6. The van der Waals surface area contributed by atoms with E-state index in [0.29, 0.717) is 37.4 Å². The Hall–Kier alpha value is -3.60. The van der Waals surface area contributed by atoms with Crippen molar-refractivity contribution >= 4 is 17.5 Å². The van der Waals surface area contributed by atoms with Crippen molar-refractivity contribution in [2.75, 3.05) is 5.32 Å². The molecule has 3 aromatic rings. The zero-order chi connectivity index (χ0) is 21.6. The van der Waals surface area contributed by atoms with E-state index in [-0.39, 0.29) is 11.8 Å². The maximum absolute atomic E-state index is 13.0. The Morgan fingerprint density at radius 3 is 2.35 bits per heavy atom. The Balaban J connectivity index is 1.53. The fourth-order valence-corrected chi connectivity index (χ4v) is 3.77. The lowest BCUT2D eigenvalue weighted by molar-refractivity contribution is -0.139. The number of amides is 2. The van der Waals surface area contributed by atoms with E-state index in [0.717, 1.165) is 16.7 Å². The Kier molecular flexibility index (Phi) is 6.32. The van der Waals surface area contributed by atoms with Crippen molar-refractivity contribution < 1.29 is 14.3 Å². The molecule has 0 aromatic heterocycles. The van der Waals surface area contributed by atoms with Gasteiger partial charge in [-0.1, -0.05) is 67.6 Å². The molecular weight excluding hydrogens is 388 g/mol. The number of hydrogen-bond acceptors (Lipinski definition) is 3. The number of nitrogens with one attached hydrogen (secondary N) is 1.